The van der Waals surface area contributed by atoms with E-state index in [1.807, 2.05) is 68.0 Å². The SMILES string of the molecule is CC[C@H](C)[C@@H](C(CC(=O)N1CCC[C@H]1[C@H](OC)[C@@H](C)C(=O)N[C@@H](Cc1ccccc1)C(=O)N1CCNCC1)OC)N(C)C(=O)[C@@H](NC(=O)[C@]1(C)CCCN1C)C(C)C. The van der Waals surface area contributed by atoms with Crippen molar-refractivity contribution in [2.24, 2.45) is 17.8 Å². The van der Waals surface area contributed by atoms with Crippen molar-refractivity contribution < 1.29 is 33.4 Å². The summed E-state index contributed by atoms with van der Waals surface area (Å²) in [6, 6.07) is 7.36. The molecule has 3 N–H and O–H groups in total. The number of likely N-dealkylation sites (tertiary alicyclic amines) is 2. The van der Waals surface area contributed by atoms with E-state index in [1.54, 1.807) is 38.0 Å². The molecule has 5 amide bonds. The Balaban J connectivity index is 1.48. The maximum absolute atomic E-state index is 14.4. The number of carbonyl (C=O) groups is 5. The lowest BCUT2D eigenvalue weighted by Crippen LogP contribution is -2.61. The van der Waals surface area contributed by atoms with Gasteiger partial charge in [0, 0.05) is 60.4 Å². The molecule has 0 spiro atoms. The molecule has 0 saturated carbocycles. The maximum atomic E-state index is 14.4. The molecule has 4 rings (SSSR count). The van der Waals surface area contributed by atoms with Crippen LogP contribution >= 0.6 is 0 Å². The van der Waals surface area contributed by atoms with Crippen LogP contribution in [0.5, 0.6) is 0 Å². The monoisotopic (exact) mass is 812 g/mol. The van der Waals surface area contributed by atoms with Gasteiger partial charge in [-0.1, -0.05) is 71.4 Å². The van der Waals surface area contributed by atoms with E-state index in [2.05, 4.69) is 29.8 Å². The van der Waals surface area contributed by atoms with Crippen LogP contribution in [0.15, 0.2) is 30.3 Å². The Bertz CT molecular complexity index is 1520. The highest BCUT2D eigenvalue weighted by atomic mass is 16.5. The number of benzene rings is 1. The molecule has 326 valence electrons. The topological polar surface area (TPSA) is 153 Å². The number of methoxy groups -OCH3 is 2. The Kier molecular flexibility index (Phi) is 17.5. The second-order valence-electron chi connectivity index (χ2n) is 17.4. The van der Waals surface area contributed by atoms with Gasteiger partial charge >= 0.3 is 0 Å². The molecule has 9 atom stereocenters. The maximum Gasteiger partial charge on any atom is 0.245 e. The van der Waals surface area contributed by atoms with Gasteiger partial charge in [0.1, 0.15) is 12.1 Å². The van der Waals surface area contributed by atoms with E-state index in [0.29, 0.717) is 45.6 Å². The first-order chi connectivity index (χ1) is 27.6. The molecule has 3 saturated heterocycles. The normalized spacial score (nSPS) is 23.7. The number of nitrogens with one attached hydrogen (secondary N) is 3. The fraction of sp³-hybridized carbons (Fsp3) is 0.750. The summed E-state index contributed by atoms with van der Waals surface area (Å²) in [4.78, 5) is 77.5. The molecule has 58 heavy (non-hydrogen) atoms. The van der Waals surface area contributed by atoms with E-state index in [9.17, 15) is 24.0 Å². The molecule has 0 radical (unpaired) electrons. The average molecular weight is 812 g/mol. The number of rotatable bonds is 19. The fourth-order valence-corrected chi connectivity index (χ4v) is 9.18. The predicted octanol–water partition coefficient (Wildman–Crippen LogP) is 2.69. The largest absolute Gasteiger partial charge is 0.379 e. The summed E-state index contributed by atoms with van der Waals surface area (Å²) in [6.45, 7) is 15.6. The van der Waals surface area contributed by atoms with Gasteiger partial charge in [-0.2, -0.15) is 0 Å². The van der Waals surface area contributed by atoms with Crippen molar-refractivity contribution in [1.82, 2.24) is 35.6 Å². The van der Waals surface area contributed by atoms with Crippen LogP contribution in [0.4, 0.5) is 0 Å². The minimum Gasteiger partial charge on any atom is -0.379 e. The molecule has 0 aromatic heterocycles. The zero-order chi connectivity index (χ0) is 42.7. The Morgan fingerprint density at radius 2 is 1.62 bits per heavy atom. The lowest BCUT2D eigenvalue weighted by atomic mass is 9.89. The summed E-state index contributed by atoms with van der Waals surface area (Å²) < 4.78 is 12.1. The molecule has 3 fully saturated rings. The standard InChI is InChI=1S/C44H73N7O7/c1-11-30(4)38(49(8)42(55)37(29(2)3)47-43(56)44(6)20-16-23-48(44)7)35(57-9)28-36(52)51-24-15-19-34(51)39(58-10)31(5)40(53)46-33(27-32-17-13-12-14-18-32)41(54)50-25-21-45-22-26-50/h12-14,17-18,29-31,33-35,37-39,45H,11,15-16,19-28H2,1-10H3,(H,46,53)(H,47,56)/t30-,31+,33-,34-,35?,37-,38-,39+,44-/m0/s1. The molecule has 14 nitrogen and oxygen atoms in total. The number of hydrogen-bond donors (Lipinski definition) is 3. The zero-order valence-corrected chi connectivity index (χ0v) is 36.9. The van der Waals surface area contributed by atoms with E-state index in [4.69, 9.17) is 9.47 Å². The van der Waals surface area contributed by atoms with Gasteiger partial charge < -0.3 is 40.1 Å². The molecule has 1 aromatic carbocycles. The Hall–Kier alpha value is -3.59. The van der Waals surface area contributed by atoms with Crippen molar-refractivity contribution in [1.29, 1.82) is 0 Å². The van der Waals surface area contributed by atoms with E-state index in [-0.39, 0.29) is 53.8 Å². The molecule has 3 aliphatic heterocycles. The van der Waals surface area contributed by atoms with Gasteiger partial charge in [0.05, 0.1) is 42.2 Å². The van der Waals surface area contributed by atoms with Gasteiger partial charge in [0.2, 0.25) is 29.5 Å². The van der Waals surface area contributed by atoms with Crippen LogP contribution in [-0.4, -0.2) is 159 Å². The lowest BCUT2D eigenvalue weighted by molar-refractivity contribution is -0.148. The summed E-state index contributed by atoms with van der Waals surface area (Å²) >= 11 is 0. The molecule has 3 heterocycles. The first kappa shape index (κ1) is 47.1. The Morgan fingerprint density at radius 3 is 2.19 bits per heavy atom. The summed E-state index contributed by atoms with van der Waals surface area (Å²) in [7, 11) is 6.83. The number of likely N-dealkylation sites (N-methyl/N-ethyl adjacent to an activating group) is 2. The molecule has 0 bridgehead atoms. The minimum absolute atomic E-state index is 0.0220. The van der Waals surface area contributed by atoms with Crippen molar-refractivity contribution in [3.05, 3.63) is 35.9 Å². The quantitative estimate of drug-likeness (QED) is 0.192. The van der Waals surface area contributed by atoms with Crippen molar-refractivity contribution in [3.63, 3.8) is 0 Å². The highest BCUT2D eigenvalue weighted by Crippen LogP contribution is 2.31. The van der Waals surface area contributed by atoms with Gasteiger partial charge in [-0.25, -0.2) is 0 Å². The number of piperazine rings is 1. The second kappa shape index (κ2) is 21.6. The summed E-state index contributed by atoms with van der Waals surface area (Å²) in [5.41, 5.74) is 0.270. The van der Waals surface area contributed by atoms with Crippen LogP contribution in [0, 0.1) is 17.8 Å². The third-order valence-corrected chi connectivity index (χ3v) is 13.3. The van der Waals surface area contributed by atoms with Crippen LogP contribution in [0.2, 0.25) is 0 Å². The van der Waals surface area contributed by atoms with Gasteiger partial charge in [-0.15, -0.1) is 0 Å². The number of nitrogens with zero attached hydrogens (tertiary/aromatic N) is 4. The molecule has 3 aliphatic rings. The van der Waals surface area contributed by atoms with E-state index in [1.165, 1.54) is 0 Å². The predicted molar refractivity (Wildman–Crippen MR) is 225 cm³/mol. The van der Waals surface area contributed by atoms with Gasteiger partial charge in [0.15, 0.2) is 0 Å². The molecule has 14 heteroatoms. The van der Waals surface area contributed by atoms with Crippen molar-refractivity contribution in [2.75, 3.05) is 67.6 Å². The number of carbonyl (C=O) groups excluding carboxylic acids is 5. The molecular weight excluding hydrogens is 739 g/mol. The summed E-state index contributed by atoms with van der Waals surface area (Å²) in [6.07, 6.45) is 2.93. The minimum atomic E-state index is -0.749. The van der Waals surface area contributed by atoms with Crippen molar-refractivity contribution >= 4 is 29.5 Å². The first-order valence-corrected chi connectivity index (χ1v) is 21.6. The Morgan fingerprint density at radius 1 is 0.948 bits per heavy atom. The zero-order valence-electron chi connectivity index (χ0n) is 36.9. The van der Waals surface area contributed by atoms with Crippen LogP contribution in [-0.2, 0) is 39.9 Å². The highest BCUT2D eigenvalue weighted by Gasteiger charge is 2.46. The smallest absolute Gasteiger partial charge is 0.245 e. The lowest BCUT2D eigenvalue weighted by Gasteiger charge is -2.41. The van der Waals surface area contributed by atoms with Gasteiger partial charge in [-0.3, -0.25) is 28.9 Å². The average Bonchev–Trinajstić information content (AvgIpc) is 3.85. The number of hydrogen-bond acceptors (Lipinski definition) is 9. The molecular formula is C44H73N7O7. The number of amides is 5. The van der Waals surface area contributed by atoms with Crippen LogP contribution in [0.1, 0.15) is 85.6 Å². The van der Waals surface area contributed by atoms with Crippen LogP contribution < -0.4 is 16.0 Å². The van der Waals surface area contributed by atoms with Gasteiger partial charge in [-0.05, 0) is 63.6 Å². The van der Waals surface area contributed by atoms with Gasteiger partial charge in [0.25, 0.3) is 0 Å². The van der Waals surface area contributed by atoms with E-state index in [0.717, 1.165) is 37.8 Å². The summed E-state index contributed by atoms with van der Waals surface area (Å²) in [5.74, 6) is -1.78. The molecule has 1 unspecified atom stereocenters. The first-order valence-electron chi connectivity index (χ1n) is 21.6. The molecule has 0 aliphatic carbocycles. The van der Waals surface area contributed by atoms with E-state index >= 15 is 0 Å². The van der Waals surface area contributed by atoms with E-state index < -0.39 is 41.8 Å². The highest BCUT2D eigenvalue weighted by molar-refractivity contribution is 5.92. The van der Waals surface area contributed by atoms with Crippen molar-refractivity contribution in [2.45, 2.75) is 128 Å². The Labute approximate surface area is 347 Å². The number of ether oxygens (including phenoxy) is 2. The fourth-order valence-electron chi connectivity index (χ4n) is 9.18. The third-order valence-electron chi connectivity index (χ3n) is 13.3. The summed E-state index contributed by atoms with van der Waals surface area (Å²) in [5, 5.41) is 9.45. The molecule has 1 aromatic rings. The third kappa shape index (κ3) is 11.2. The second-order valence-corrected chi connectivity index (χ2v) is 17.4. The van der Waals surface area contributed by atoms with Crippen LogP contribution in [0.3, 0.4) is 0 Å². The van der Waals surface area contributed by atoms with Crippen molar-refractivity contribution in [3.8, 4) is 0 Å². The van der Waals surface area contributed by atoms with Crippen LogP contribution in [0.25, 0.3) is 0 Å².